The first kappa shape index (κ1) is 7.61. The predicted molar refractivity (Wildman–Crippen MR) is 48.8 cm³/mol. The fourth-order valence-corrected chi connectivity index (χ4v) is 1.06. The fraction of sp³-hybridized carbons (Fsp3) is 0.286. The van der Waals surface area contributed by atoms with Gasteiger partial charge in [0.05, 0.1) is 11.3 Å². The number of rotatable bonds is 0. The van der Waals surface area contributed by atoms with Gasteiger partial charge in [0.1, 0.15) is 0 Å². The summed E-state index contributed by atoms with van der Waals surface area (Å²) in [5.41, 5.74) is 2.00. The Morgan fingerprint density at radius 2 is 2.40 bits per heavy atom. The van der Waals surface area contributed by atoms with Gasteiger partial charge in [0, 0.05) is 35.8 Å². The summed E-state index contributed by atoms with van der Waals surface area (Å²) in [6.45, 7) is 1.95. The summed E-state index contributed by atoms with van der Waals surface area (Å²) in [4.78, 5) is 0. The lowest BCUT2D eigenvalue weighted by Crippen LogP contribution is -1.86. The molecule has 0 radical (unpaired) electrons. The van der Waals surface area contributed by atoms with Gasteiger partial charge in [0.2, 0.25) is 0 Å². The molecular weight excluding hydrogens is 239 g/mol. The molecule has 0 saturated heterocycles. The summed E-state index contributed by atoms with van der Waals surface area (Å²) >= 11 is 2.02. The molecule has 1 aromatic heterocycles. The van der Waals surface area contributed by atoms with Crippen LogP contribution in [0.25, 0.3) is 0 Å². The van der Waals surface area contributed by atoms with Crippen molar-refractivity contribution in [2.24, 2.45) is 7.05 Å². The molecule has 0 spiro atoms. The summed E-state index contributed by atoms with van der Waals surface area (Å²) < 4.78 is 4.57. The second-order valence-electron chi connectivity index (χ2n) is 2.02. The third-order valence-corrected chi connectivity index (χ3v) is 1.47. The van der Waals surface area contributed by atoms with Crippen LogP contribution in [0.4, 0.5) is 0 Å². The van der Waals surface area contributed by atoms with E-state index in [0.29, 0.717) is 0 Å². The molecule has 0 atom stereocenters. The molecule has 0 aliphatic carbocycles. The van der Waals surface area contributed by atoms with Crippen LogP contribution in [0, 0.1) is 16.8 Å². The lowest BCUT2D eigenvalue weighted by atomic mass is 10.3. The van der Waals surface area contributed by atoms with Gasteiger partial charge in [-0.25, -0.2) is 0 Å². The van der Waals surface area contributed by atoms with Crippen LogP contribution in [0.3, 0.4) is 0 Å². The van der Waals surface area contributed by atoms with E-state index in [1.807, 2.05) is 42.8 Å². The van der Waals surface area contributed by atoms with Gasteiger partial charge >= 0.3 is 0 Å². The average Bonchev–Trinajstić information content (AvgIpc) is 2.13. The Kier molecular flexibility index (Phi) is 2.33. The zero-order chi connectivity index (χ0) is 7.56. The van der Waals surface area contributed by atoms with E-state index in [2.05, 4.69) is 14.9 Å². The van der Waals surface area contributed by atoms with Crippen LogP contribution in [0.1, 0.15) is 11.3 Å². The number of halogens is 1. The average molecular weight is 246 g/mol. The van der Waals surface area contributed by atoms with Gasteiger partial charge in [-0.3, -0.25) is 4.68 Å². The van der Waals surface area contributed by atoms with Crippen molar-refractivity contribution in [3.8, 4) is 9.85 Å². The van der Waals surface area contributed by atoms with Crippen molar-refractivity contribution in [2.75, 3.05) is 0 Å². The second-order valence-corrected chi connectivity index (χ2v) is 2.56. The van der Waals surface area contributed by atoms with E-state index in [9.17, 15) is 0 Å². The Bertz CT molecular complexity index is 290. The minimum absolute atomic E-state index is 0.992. The highest BCUT2D eigenvalue weighted by Crippen LogP contribution is 2.01. The van der Waals surface area contributed by atoms with Crippen molar-refractivity contribution in [2.45, 2.75) is 6.92 Å². The first-order chi connectivity index (χ1) is 4.74. The maximum Gasteiger partial charge on any atom is 0.0750 e. The van der Waals surface area contributed by atoms with Crippen molar-refractivity contribution in [3.63, 3.8) is 0 Å². The summed E-state index contributed by atoms with van der Waals surface area (Å²) in [7, 11) is 1.89. The van der Waals surface area contributed by atoms with Crippen LogP contribution in [-0.4, -0.2) is 9.78 Å². The normalized spacial score (nSPS) is 8.70. The third kappa shape index (κ3) is 1.51. The molecule has 1 heterocycles. The van der Waals surface area contributed by atoms with E-state index >= 15 is 0 Å². The molecule has 10 heavy (non-hydrogen) atoms. The molecule has 1 rings (SSSR count). The van der Waals surface area contributed by atoms with Gasteiger partial charge in [-0.15, -0.1) is 0 Å². The van der Waals surface area contributed by atoms with E-state index < -0.39 is 0 Å². The van der Waals surface area contributed by atoms with Crippen LogP contribution in [0.15, 0.2) is 6.20 Å². The molecule has 0 saturated carbocycles. The van der Waals surface area contributed by atoms with Crippen LogP contribution in [0.2, 0.25) is 0 Å². The van der Waals surface area contributed by atoms with Crippen LogP contribution < -0.4 is 0 Å². The molecule has 0 unspecified atom stereocenters. The lowest BCUT2D eigenvalue weighted by Gasteiger charge is -1.79. The maximum atomic E-state index is 4.14. The Labute approximate surface area is 73.8 Å². The zero-order valence-corrected chi connectivity index (χ0v) is 8.01. The second kappa shape index (κ2) is 3.06. The standard InChI is InChI=1S/C7H7IN2/c1-6-7(3-4-8)5-10(2)9-6/h5H,1-2H3. The lowest BCUT2D eigenvalue weighted by molar-refractivity contribution is 0.756. The highest BCUT2D eigenvalue weighted by Gasteiger charge is 1.96. The van der Waals surface area contributed by atoms with Gasteiger partial charge < -0.3 is 0 Å². The highest BCUT2D eigenvalue weighted by molar-refractivity contribution is 14.1. The summed E-state index contributed by atoms with van der Waals surface area (Å²) in [5.74, 6) is 2.95. The molecular formula is C7H7IN2. The number of nitrogens with zero attached hydrogens (tertiary/aromatic N) is 2. The molecule has 2 nitrogen and oxygen atoms in total. The van der Waals surface area contributed by atoms with E-state index in [0.717, 1.165) is 11.3 Å². The van der Waals surface area contributed by atoms with Crippen molar-refractivity contribution >= 4 is 22.6 Å². The topological polar surface area (TPSA) is 17.8 Å². The number of aromatic nitrogens is 2. The van der Waals surface area contributed by atoms with Crippen molar-refractivity contribution in [1.82, 2.24) is 9.78 Å². The molecule has 3 heteroatoms. The minimum Gasteiger partial charge on any atom is -0.274 e. The first-order valence-electron chi connectivity index (χ1n) is 2.86. The van der Waals surface area contributed by atoms with Crippen LogP contribution in [-0.2, 0) is 7.05 Å². The summed E-state index contributed by atoms with van der Waals surface area (Å²) in [5, 5.41) is 4.14. The van der Waals surface area contributed by atoms with Crippen molar-refractivity contribution < 1.29 is 0 Å². The Hall–Kier alpha value is -0.500. The molecule has 0 amide bonds. The summed E-state index contributed by atoms with van der Waals surface area (Å²) in [6, 6.07) is 0. The Morgan fingerprint density at radius 1 is 1.70 bits per heavy atom. The van der Waals surface area contributed by atoms with E-state index in [-0.39, 0.29) is 0 Å². The molecule has 0 aliphatic rings. The molecule has 0 aliphatic heterocycles. The predicted octanol–water partition coefficient (Wildman–Crippen LogP) is 1.47. The van der Waals surface area contributed by atoms with Gasteiger partial charge in [-0.2, -0.15) is 5.10 Å². The molecule has 52 valence electrons. The molecule has 1 aromatic rings. The van der Waals surface area contributed by atoms with Gasteiger partial charge in [0.25, 0.3) is 0 Å². The molecule has 0 aromatic carbocycles. The number of aryl methyl sites for hydroxylation is 2. The van der Waals surface area contributed by atoms with Crippen molar-refractivity contribution in [3.05, 3.63) is 17.5 Å². The highest BCUT2D eigenvalue weighted by atomic mass is 127. The van der Waals surface area contributed by atoms with Crippen LogP contribution in [0.5, 0.6) is 0 Å². The Morgan fingerprint density at radius 3 is 2.80 bits per heavy atom. The van der Waals surface area contributed by atoms with Gasteiger partial charge in [-0.1, -0.05) is 5.92 Å². The molecule has 0 fully saturated rings. The minimum atomic E-state index is 0.992. The van der Waals surface area contributed by atoms with E-state index in [4.69, 9.17) is 0 Å². The summed E-state index contributed by atoms with van der Waals surface area (Å²) in [6.07, 6.45) is 1.92. The van der Waals surface area contributed by atoms with E-state index in [1.165, 1.54) is 0 Å². The Balaban J connectivity index is 3.11. The number of hydrogen-bond donors (Lipinski definition) is 0. The fourth-order valence-electron chi connectivity index (χ4n) is 0.773. The van der Waals surface area contributed by atoms with Gasteiger partial charge in [-0.05, 0) is 10.9 Å². The van der Waals surface area contributed by atoms with Crippen molar-refractivity contribution in [1.29, 1.82) is 0 Å². The third-order valence-electron chi connectivity index (χ3n) is 1.20. The monoisotopic (exact) mass is 246 g/mol. The molecule has 0 bridgehead atoms. The maximum absolute atomic E-state index is 4.14. The first-order valence-corrected chi connectivity index (χ1v) is 3.94. The van der Waals surface area contributed by atoms with Gasteiger partial charge in [0.15, 0.2) is 0 Å². The quantitative estimate of drug-likeness (QED) is 0.500. The van der Waals surface area contributed by atoms with E-state index in [1.54, 1.807) is 4.68 Å². The zero-order valence-electron chi connectivity index (χ0n) is 5.85. The SMILES string of the molecule is Cc1nn(C)cc1C#CI. The largest absolute Gasteiger partial charge is 0.274 e. The number of hydrogen-bond acceptors (Lipinski definition) is 1. The van der Waals surface area contributed by atoms with Crippen LogP contribution >= 0.6 is 22.6 Å². The smallest absolute Gasteiger partial charge is 0.0750 e. The molecule has 0 N–H and O–H groups in total.